The van der Waals surface area contributed by atoms with Gasteiger partial charge in [0.05, 0.1) is 0 Å². The summed E-state index contributed by atoms with van der Waals surface area (Å²) in [5.41, 5.74) is 2.69. The quantitative estimate of drug-likeness (QED) is 0.612. The number of carbonyl (C=O) groups is 2. The Hall–Kier alpha value is -2.90. The van der Waals surface area contributed by atoms with Gasteiger partial charge in [-0.2, -0.15) is 0 Å². The van der Waals surface area contributed by atoms with Gasteiger partial charge < -0.3 is 10.1 Å². The topological polar surface area (TPSA) is 80.3 Å². The molecule has 0 spiro atoms. The number of carbonyl (C=O) groups excluding carboxylic acids is 2. The van der Waals surface area contributed by atoms with Crippen LogP contribution in [-0.2, 0) is 4.79 Å². The van der Waals surface area contributed by atoms with Crippen LogP contribution in [0.4, 0.5) is 10.8 Å². The molecule has 0 saturated carbocycles. The minimum atomic E-state index is -0.331. The van der Waals surface area contributed by atoms with Gasteiger partial charge in [0.15, 0.2) is 11.7 Å². The van der Waals surface area contributed by atoms with Gasteiger partial charge in [0.25, 0.3) is 11.8 Å². The first kappa shape index (κ1) is 19.9. The summed E-state index contributed by atoms with van der Waals surface area (Å²) >= 11 is 7.46. The van der Waals surface area contributed by atoms with Crippen molar-refractivity contribution in [1.29, 1.82) is 0 Å². The monoisotopic (exact) mass is 415 g/mol. The third-order valence-electron chi connectivity index (χ3n) is 3.84. The van der Waals surface area contributed by atoms with E-state index in [1.165, 1.54) is 11.3 Å². The Balaban J connectivity index is 1.59. The Kier molecular flexibility index (Phi) is 6.28. The van der Waals surface area contributed by atoms with E-state index in [-0.39, 0.29) is 18.4 Å². The second kappa shape index (κ2) is 8.86. The number of ether oxygens (including phenoxy) is 1. The lowest BCUT2D eigenvalue weighted by Crippen LogP contribution is -2.20. The molecule has 3 aromatic rings. The predicted molar refractivity (Wildman–Crippen MR) is 112 cm³/mol. The minimum absolute atomic E-state index is 0.157. The van der Waals surface area contributed by atoms with Crippen LogP contribution in [0.2, 0.25) is 5.02 Å². The number of nitrogens with one attached hydrogen (secondary N) is 2. The second-order valence-corrected chi connectivity index (χ2v) is 7.35. The molecule has 28 heavy (non-hydrogen) atoms. The Bertz CT molecular complexity index is 983. The van der Waals surface area contributed by atoms with Crippen molar-refractivity contribution in [1.82, 2.24) is 4.98 Å². The molecule has 0 saturated heterocycles. The van der Waals surface area contributed by atoms with E-state index in [9.17, 15) is 9.59 Å². The van der Waals surface area contributed by atoms with Crippen LogP contribution >= 0.6 is 22.9 Å². The molecule has 0 bridgehead atoms. The zero-order valence-corrected chi connectivity index (χ0v) is 16.9. The highest BCUT2D eigenvalue weighted by atomic mass is 35.5. The number of aromatic nitrogens is 1. The first-order chi connectivity index (χ1) is 13.4. The van der Waals surface area contributed by atoms with Gasteiger partial charge in [-0.25, -0.2) is 4.98 Å². The number of aryl methyl sites for hydroxylation is 2. The largest absolute Gasteiger partial charge is 0.484 e. The van der Waals surface area contributed by atoms with Crippen LogP contribution in [0.25, 0.3) is 0 Å². The third-order valence-corrected chi connectivity index (χ3v) is 5.13. The molecule has 3 rings (SSSR count). The standard InChI is InChI=1S/C20H18ClN3O3S/c1-12-8-16(9-13(2)18(12)21)27-11-17(25)23-15-5-3-4-14(10-15)19(26)24-20-22-6-7-28-20/h3-10H,11H2,1-2H3,(H,23,25)(H,22,24,26). The Morgan fingerprint density at radius 2 is 1.89 bits per heavy atom. The molecule has 0 atom stereocenters. The van der Waals surface area contributed by atoms with Gasteiger partial charge in [-0.15, -0.1) is 11.3 Å². The van der Waals surface area contributed by atoms with E-state index in [0.717, 1.165) is 11.1 Å². The average molecular weight is 416 g/mol. The van der Waals surface area contributed by atoms with Crippen LogP contribution in [-0.4, -0.2) is 23.4 Å². The molecule has 8 heteroatoms. The Morgan fingerprint density at radius 3 is 2.57 bits per heavy atom. The van der Waals surface area contributed by atoms with Crippen molar-refractivity contribution in [3.63, 3.8) is 0 Å². The summed E-state index contributed by atoms with van der Waals surface area (Å²) in [7, 11) is 0. The van der Waals surface area contributed by atoms with Gasteiger partial charge >= 0.3 is 0 Å². The van der Waals surface area contributed by atoms with Crippen molar-refractivity contribution in [3.05, 3.63) is 69.7 Å². The fourth-order valence-electron chi connectivity index (χ4n) is 2.53. The molecule has 0 fully saturated rings. The van der Waals surface area contributed by atoms with Gasteiger partial charge in [0.2, 0.25) is 0 Å². The van der Waals surface area contributed by atoms with E-state index >= 15 is 0 Å². The zero-order chi connectivity index (χ0) is 20.1. The maximum atomic E-state index is 12.3. The smallest absolute Gasteiger partial charge is 0.262 e. The number of benzene rings is 2. The molecule has 144 valence electrons. The number of hydrogen-bond donors (Lipinski definition) is 2. The normalized spacial score (nSPS) is 10.4. The molecule has 1 heterocycles. The van der Waals surface area contributed by atoms with Gasteiger partial charge in [-0.1, -0.05) is 17.7 Å². The van der Waals surface area contributed by atoms with Crippen molar-refractivity contribution in [3.8, 4) is 5.75 Å². The van der Waals surface area contributed by atoms with Crippen molar-refractivity contribution in [2.24, 2.45) is 0 Å². The summed E-state index contributed by atoms with van der Waals surface area (Å²) in [6.45, 7) is 3.60. The number of nitrogens with zero attached hydrogens (tertiary/aromatic N) is 1. The fourth-order valence-corrected chi connectivity index (χ4v) is 3.16. The van der Waals surface area contributed by atoms with Gasteiger partial charge in [0, 0.05) is 27.9 Å². The highest BCUT2D eigenvalue weighted by Crippen LogP contribution is 2.25. The molecular formula is C20H18ClN3O3S. The molecule has 0 aliphatic heterocycles. The number of amides is 2. The number of anilines is 2. The number of thiazole rings is 1. The van der Waals surface area contributed by atoms with E-state index in [1.807, 2.05) is 13.8 Å². The van der Waals surface area contributed by atoms with Crippen molar-refractivity contribution < 1.29 is 14.3 Å². The van der Waals surface area contributed by atoms with Crippen LogP contribution in [0, 0.1) is 13.8 Å². The maximum absolute atomic E-state index is 12.3. The third kappa shape index (κ3) is 5.09. The zero-order valence-electron chi connectivity index (χ0n) is 15.3. The molecule has 2 aromatic carbocycles. The van der Waals surface area contributed by atoms with Gasteiger partial charge in [0.1, 0.15) is 5.75 Å². The van der Waals surface area contributed by atoms with E-state index in [1.54, 1.807) is 48.0 Å². The molecule has 2 amide bonds. The predicted octanol–water partition coefficient (Wildman–Crippen LogP) is 4.68. The molecule has 0 unspecified atom stereocenters. The highest BCUT2D eigenvalue weighted by molar-refractivity contribution is 7.13. The maximum Gasteiger partial charge on any atom is 0.262 e. The molecule has 6 nitrogen and oxygen atoms in total. The van der Waals surface area contributed by atoms with E-state index in [0.29, 0.717) is 27.2 Å². The summed E-state index contributed by atoms with van der Waals surface area (Å²) in [6, 6.07) is 10.2. The molecule has 0 radical (unpaired) electrons. The number of hydrogen-bond acceptors (Lipinski definition) is 5. The lowest BCUT2D eigenvalue weighted by atomic mass is 10.1. The van der Waals surface area contributed by atoms with Crippen LogP contribution in [0.3, 0.4) is 0 Å². The Morgan fingerprint density at radius 1 is 1.14 bits per heavy atom. The van der Waals surface area contributed by atoms with E-state index in [4.69, 9.17) is 16.3 Å². The summed E-state index contributed by atoms with van der Waals surface area (Å²) < 4.78 is 5.55. The van der Waals surface area contributed by atoms with Crippen molar-refractivity contribution in [2.75, 3.05) is 17.2 Å². The van der Waals surface area contributed by atoms with Crippen molar-refractivity contribution in [2.45, 2.75) is 13.8 Å². The fraction of sp³-hybridized carbons (Fsp3) is 0.150. The van der Waals surface area contributed by atoms with Gasteiger partial charge in [-0.3, -0.25) is 14.9 Å². The van der Waals surface area contributed by atoms with Crippen LogP contribution in [0.5, 0.6) is 5.75 Å². The lowest BCUT2D eigenvalue weighted by molar-refractivity contribution is -0.118. The molecule has 1 aromatic heterocycles. The lowest BCUT2D eigenvalue weighted by Gasteiger charge is -2.11. The van der Waals surface area contributed by atoms with Crippen LogP contribution in [0.1, 0.15) is 21.5 Å². The van der Waals surface area contributed by atoms with E-state index in [2.05, 4.69) is 15.6 Å². The Labute approximate surface area is 171 Å². The molecule has 2 N–H and O–H groups in total. The summed E-state index contributed by atoms with van der Waals surface area (Å²) in [6.07, 6.45) is 1.61. The van der Waals surface area contributed by atoms with Crippen LogP contribution in [0.15, 0.2) is 48.0 Å². The molecule has 0 aliphatic carbocycles. The average Bonchev–Trinajstić information content (AvgIpc) is 3.17. The number of halogens is 1. The summed E-state index contributed by atoms with van der Waals surface area (Å²) in [5.74, 6) is -0.0525. The summed E-state index contributed by atoms with van der Waals surface area (Å²) in [5, 5.41) is 8.40. The molecular weight excluding hydrogens is 398 g/mol. The van der Waals surface area contributed by atoms with Gasteiger partial charge in [-0.05, 0) is 55.3 Å². The SMILES string of the molecule is Cc1cc(OCC(=O)Nc2cccc(C(=O)Nc3nccs3)c2)cc(C)c1Cl. The minimum Gasteiger partial charge on any atom is -0.484 e. The first-order valence-electron chi connectivity index (χ1n) is 8.42. The first-order valence-corrected chi connectivity index (χ1v) is 9.68. The number of rotatable bonds is 6. The summed E-state index contributed by atoms with van der Waals surface area (Å²) in [4.78, 5) is 28.5. The van der Waals surface area contributed by atoms with Crippen LogP contribution < -0.4 is 15.4 Å². The molecule has 0 aliphatic rings. The highest BCUT2D eigenvalue weighted by Gasteiger charge is 2.10. The van der Waals surface area contributed by atoms with Crippen molar-refractivity contribution >= 4 is 45.6 Å². The second-order valence-electron chi connectivity index (χ2n) is 6.08. The van der Waals surface area contributed by atoms with E-state index < -0.39 is 0 Å².